The first-order chi connectivity index (χ1) is 15.3. The number of aryl methyl sites for hydroxylation is 1. The van der Waals surface area contributed by atoms with Crippen molar-refractivity contribution in [2.24, 2.45) is 0 Å². The van der Waals surface area contributed by atoms with E-state index in [1.54, 1.807) is 12.1 Å². The fraction of sp³-hybridized carbons (Fsp3) is 0.160. The van der Waals surface area contributed by atoms with Crippen LogP contribution in [0.25, 0.3) is 0 Å². The molecule has 0 unspecified atom stereocenters. The van der Waals surface area contributed by atoms with Crippen LogP contribution in [0.2, 0.25) is 0 Å². The third-order valence-corrected chi connectivity index (χ3v) is 7.39. The molecule has 1 heterocycles. The van der Waals surface area contributed by atoms with Gasteiger partial charge in [0.2, 0.25) is 5.27 Å². The highest BCUT2D eigenvalue weighted by Gasteiger charge is 2.35. The largest absolute Gasteiger partial charge is 0.311 e. The Morgan fingerprint density at radius 1 is 0.903 bits per heavy atom. The van der Waals surface area contributed by atoms with E-state index in [0.717, 1.165) is 24.8 Å². The molecule has 0 bridgehead atoms. The van der Waals surface area contributed by atoms with Crippen LogP contribution in [0.5, 0.6) is 0 Å². The summed E-state index contributed by atoms with van der Waals surface area (Å²) in [6, 6.07) is 29.8. The molecule has 4 aromatic rings. The lowest BCUT2D eigenvalue weighted by atomic mass is 10.2. The summed E-state index contributed by atoms with van der Waals surface area (Å²) in [5.74, 6) is 0.195. The third-order valence-electron chi connectivity index (χ3n) is 4.91. The summed E-state index contributed by atoms with van der Waals surface area (Å²) in [7, 11) is -0.975. The van der Waals surface area contributed by atoms with Gasteiger partial charge in [-0.15, -0.1) is 0 Å². The number of unbranched alkanes of at least 4 members (excludes halogenated alkanes) is 1. The number of anilines is 1. The van der Waals surface area contributed by atoms with Crippen LogP contribution in [0.1, 0.15) is 30.1 Å². The number of rotatable bonds is 8. The van der Waals surface area contributed by atoms with Crippen LogP contribution in [0.3, 0.4) is 0 Å². The predicted octanol–water partition coefficient (Wildman–Crippen LogP) is 3.77. The average molecular weight is 430 g/mol. The Kier molecular flexibility index (Phi) is 6.85. The Morgan fingerprint density at radius 3 is 2.00 bits per heavy atom. The first-order valence-electron chi connectivity index (χ1n) is 10.4. The quantitative estimate of drug-likeness (QED) is 0.342. The van der Waals surface area contributed by atoms with Gasteiger partial charge in [0.25, 0.3) is 5.91 Å². The summed E-state index contributed by atoms with van der Waals surface area (Å²) in [4.78, 5) is 12.9. The summed E-state index contributed by atoms with van der Waals surface area (Å²) in [5, 5.41) is 9.63. The van der Waals surface area contributed by atoms with Crippen molar-refractivity contribution < 1.29 is 14.0 Å². The minimum atomic E-state index is -0.975. The molecule has 0 atom stereocenters. The van der Waals surface area contributed by atoms with Crippen molar-refractivity contribution in [2.45, 2.75) is 26.3 Å². The maximum absolute atomic E-state index is 12.9. The van der Waals surface area contributed by atoms with Gasteiger partial charge in [0.1, 0.15) is 0 Å². The Bertz CT molecular complexity index is 1080. The summed E-state index contributed by atoms with van der Waals surface area (Å²) in [6.45, 7) is 2.88. The molecule has 1 aromatic heterocycles. The zero-order valence-electron chi connectivity index (χ0n) is 17.4. The fourth-order valence-corrected chi connectivity index (χ4v) is 5.74. The molecule has 0 fully saturated rings. The van der Waals surface area contributed by atoms with E-state index in [9.17, 15) is 4.79 Å². The number of benzene rings is 3. The lowest BCUT2D eigenvalue weighted by Crippen LogP contribution is -2.51. The maximum atomic E-state index is 12.9. The molecule has 31 heavy (non-hydrogen) atoms. The van der Waals surface area contributed by atoms with Gasteiger partial charge in [-0.25, -0.2) is 0 Å². The van der Waals surface area contributed by atoms with Crippen LogP contribution < -0.4 is 26.0 Å². The molecule has 0 aliphatic rings. The van der Waals surface area contributed by atoms with E-state index in [1.165, 1.54) is 10.6 Å². The number of hydrogen-bond donors (Lipinski definition) is 1. The highest BCUT2D eigenvalue weighted by Crippen LogP contribution is 2.34. The molecule has 4 rings (SSSR count). The molecule has 5 nitrogen and oxygen atoms in total. The van der Waals surface area contributed by atoms with Crippen LogP contribution in [0, 0.1) is 0 Å². The molecule has 0 spiro atoms. The van der Waals surface area contributed by atoms with Gasteiger partial charge in [-0.2, -0.15) is 0 Å². The lowest BCUT2D eigenvalue weighted by Gasteiger charge is -2.14. The molecule has 156 valence electrons. The maximum Gasteiger partial charge on any atom is 0.311 e. The van der Waals surface area contributed by atoms with E-state index < -0.39 is 7.92 Å². The number of hydrogen-bond acceptors (Lipinski definition) is 3. The first kappa shape index (κ1) is 21.0. The average Bonchev–Trinajstić information content (AvgIpc) is 3.21. The SMILES string of the molecule is CCCC[n+]1noc(NC(=O)c2ccccc2)c1P(c1ccccc1)c1ccccc1. The second kappa shape index (κ2) is 10.1. The van der Waals surface area contributed by atoms with Gasteiger partial charge in [-0.05, 0) is 27.4 Å². The number of nitrogens with one attached hydrogen (secondary N) is 1. The molecule has 3 aromatic carbocycles. The van der Waals surface area contributed by atoms with E-state index in [0.29, 0.717) is 11.4 Å². The van der Waals surface area contributed by atoms with Crippen molar-refractivity contribution in [2.75, 3.05) is 5.32 Å². The molecule has 0 saturated carbocycles. The molecule has 0 aliphatic heterocycles. The van der Waals surface area contributed by atoms with Crippen LogP contribution in [-0.4, -0.2) is 11.2 Å². The summed E-state index contributed by atoms with van der Waals surface area (Å²) in [5.41, 5.74) is 1.49. The fourth-order valence-electron chi connectivity index (χ4n) is 3.35. The van der Waals surface area contributed by atoms with Crippen LogP contribution >= 0.6 is 7.92 Å². The van der Waals surface area contributed by atoms with E-state index in [-0.39, 0.29) is 5.91 Å². The molecule has 0 saturated heterocycles. The summed E-state index contributed by atoms with van der Waals surface area (Å²) in [6.07, 6.45) is 2.02. The van der Waals surface area contributed by atoms with Gasteiger partial charge in [0.05, 0.1) is 7.92 Å². The zero-order chi connectivity index (χ0) is 21.5. The summed E-state index contributed by atoms with van der Waals surface area (Å²) < 4.78 is 7.62. The highest BCUT2D eigenvalue weighted by atomic mass is 31.1. The van der Waals surface area contributed by atoms with Gasteiger partial charge in [0, 0.05) is 12.0 Å². The topological polar surface area (TPSA) is 59.0 Å². The Balaban J connectivity index is 1.81. The van der Waals surface area contributed by atoms with Crippen molar-refractivity contribution in [3.05, 3.63) is 96.6 Å². The minimum absolute atomic E-state index is 0.211. The Morgan fingerprint density at radius 2 is 1.45 bits per heavy atom. The lowest BCUT2D eigenvalue weighted by molar-refractivity contribution is -0.747. The minimum Gasteiger partial charge on any atom is -0.284 e. The predicted molar refractivity (Wildman–Crippen MR) is 125 cm³/mol. The number of aromatic nitrogens is 2. The van der Waals surface area contributed by atoms with Gasteiger partial charge >= 0.3 is 11.3 Å². The number of amides is 1. The normalized spacial score (nSPS) is 10.9. The van der Waals surface area contributed by atoms with Gasteiger partial charge in [0.15, 0.2) is 6.54 Å². The van der Waals surface area contributed by atoms with Gasteiger partial charge in [-0.3, -0.25) is 14.6 Å². The Labute approximate surface area is 183 Å². The summed E-state index contributed by atoms with van der Waals surface area (Å²) >= 11 is 0. The number of carbonyl (C=O) groups excluding carboxylic acids is 1. The molecule has 0 aliphatic carbocycles. The van der Waals surface area contributed by atoms with Crippen molar-refractivity contribution in [1.29, 1.82) is 0 Å². The standard InChI is InChI=1S/C25H24N3O2P/c1-2-3-19-28-25(24(30-27-28)26-23(29)20-13-7-4-8-14-20)31(21-15-9-5-10-16-21)22-17-11-6-12-18-22/h4-18H,2-3,19H2,1H3/p+1. The second-order valence-electron chi connectivity index (χ2n) is 7.13. The molecular weight excluding hydrogens is 405 g/mol. The van der Waals surface area contributed by atoms with Crippen LogP contribution in [0.4, 0.5) is 5.88 Å². The molecule has 6 heteroatoms. The second-order valence-corrected chi connectivity index (χ2v) is 9.26. The molecule has 1 N–H and O–H groups in total. The molecular formula is C25H25N3O2P+. The van der Waals surface area contributed by atoms with Crippen LogP contribution in [0.15, 0.2) is 95.5 Å². The Hall–Kier alpha value is -3.30. The number of carbonyl (C=O) groups is 1. The van der Waals surface area contributed by atoms with Crippen molar-refractivity contribution in [3.8, 4) is 0 Å². The first-order valence-corrected chi connectivity index (χ1v) is 11.8. The van der Waals surface area contributed by atoms with E-state index in [2.05, 4.69) is 41.8 Å². The van der Waals surface area contributed by atoms with Crippen molar-refractivity contribution in [1.82, 2.24) is 5.27 Å². The number of nitrogens with zero attached hydrogens (tertiary/aromatic N) is 2. The monoisotopic (exact) mass is 430 g/mol. The van der Waals surface area contributed by atoms with Crippen molar-refractivity contribution >= 4 is 35.8 Å². The third kappa shape index (κ3) is 4.89. The smallest absolute Gasteiger partial charge is 0.284 e. The van der Waals surface area contributed by atoms with E-state index in [4.69, 9.17) is 4.52 Å². The van der Waals surface area contributed by atoms with Gasteiger partial charge in [-0.1, -0.05) is 92.2 Å². The van der Waals surface area contributed by atoms with Crippen LogP contribution in [-0.2, 0) is 6.54 Å². The zero-order valence-corrected chi connectivity index (χ0v) is 18.3. The van der Waals surface area contributed by atoms with E-state index in [1.807, 2.05) is 59.3 Å². The molecule has 1 amide bonds. The molecule has 0 radical (unpaired) electrons. The van der Waals surface area contributed by atoms with Gasteiger partial charge < -0.3 is 0 Å². The highest BCUT2D eigenvalue weighted by molar-refractivity contribution is 7.79. The van der Waals surface area contributed by atoms with E-state index >= 15 is 0 Å². The van der Waals surface area contributed by atoms with Crippen molar-refractivity contribution in [3.63, 3.8) is 0 Å².